The molecule has 0 aliphatic heterocycles. The molecule has 0 saturated heterocycles. The summed E-state index contributed by atoms with van der Waals surface area (Å²) in [6.07, 6.45) is 0. The molecule has 1 aromatic carbocycles. The Morgan fingerprint density at radius 2 is 1.64 bits per heavy atom. The zero-order valence-electron chi connectivity index (χ0n) is 9.85. The second-order valence-corrected chi connectivity index (χ2v) is 4.06. The van der Waals surface area contributed by atoms with Crippen molar-refractivity contribution in [3.63, 3.8) is 0 Å². The highest BCUT2D eigenvalue weighted by Crippen LogP contribution is 2.27. The van der Waals surface area contributed by atoms with Crippen molar-refractivity contribution in [1.82, 2.24) is 0 Å². The van der Waals surface area contributed by atoms with Crippen molar-refractivity contribution < 1.29 is 4.74 Å². The van der Waals surface area contributed by atoms with Gasteiger partial charge in [0.25, 0.3) is 0 Å². The minimum Gasteiger partial charge on any atom is -0.494 e. The number of benzene rings is 1. The molecular weight excluding hydrogens is 172 g/mol. The monoisotopic (exact) mass is 192 g/mol. The van der Waals surface area contributed by atoms with Gasteiger partial charge in [0.2, 0.25) is 0 Å². The molecule has 0 atom stereocenters. The molecule has 1 aromatic rings. The minimum absolute atomic E-state index is 0.589. The molecule has 0 fully saturated rings. The zero-order chi connectivity index (χ0) is 10.7. The third-order valence-electron chi connectivity index (χ3n) is 2.46. The van der Waals surface area contributed by atoms with Gasteiger partial charge in [0.05, 0.1) is 6.61 Å². The summed E-state index contributed by atoms with van der Waals surface area (Å²) in [5.41, 5.74) is 4.13. The lowest BCUT2D eigenvalue weighted by Gasteiger charge is -2.15. The lowest BCUT2D eigenvalue weighted by atomic mass is 9.93. The third kappa shape index (κ3) is 2.28. The summed E-state index contributed by atoms with van der Waals surface area (Å²) in [6.45, 7) is 11.5. The van der Waals surface area contributed by atoms with Crippen molar-refractivity contribution in [3.05, 3.63) is 28.8 Å². The summed E-state index contributed by atoms with van der Waals surface area (Å²) in [4.78, 5) is 0. The first-order chi connectivity index (χ1) is 6.56. The Hall–Kier alpha value is -0.980. The maximum atomic E-state index is 5.50. The highest BCUT2D eigenvalue weighted by atomic mass is 16.5. The van der Waals surface area contributed by atoms with E-state index in [1.54, 1.807) is 0 Å². The molecule has 1 rings (SSSR count). The van der Waals surface area contributed by atoms with Gasteiger partial charge in [-0.2, -0.15) is 0 Å². The van der Waals surface area contributed by atoms with Crippen molar-refractivity contribution in [1.29, 1.82) is 0 Å². The molecule has 0 heterocycles. The normalized spacial score (nSPS) is 10.7. The van der Waals surface area contributed by atoms with Crippen molar-refractivity contribution in [2.75, 3.05) is 6.61 Å². The standard InChI is InChI=1S/C13H20O/c1-6-14-12-7-10(4)13(9(2)3)11(5)8-12/h7-9H,6H2,1-5H3. The highest BCUT2D eigenvalue weighted by Gasteiger charge is 2.08. The van der Waals surface area contributed by atoms with Crippen LogP contribution in [0.15, 0.2) is 12.1 Å². The van der Waals surface area contributed by atoms with Gasteiger partial charge in [-0.05, 0) is 55.5 Å². The van der Waals surface area contributed by atoms with Crippen LogP contribution in [0, 0.1) is 13.8 Å². The molecule has 0 radical (unpaired) electrons. The van der Waals surface area contributed by atoms with Crippen LogP contribution in [0.25, 0.3) is 0 Å². The average molecular weight is 192 g/mol. The van der Waals surface area contributed by atoms with E-state index < -0.39 is 0 Å². The fourth-order valence-corrected chi connectivity index (χ4v) is 2.10. The maximum absolute atomic E-state index is 5.50. The van der Waals surface area contributed by atoms with E-state index in [-0.39, 0.29) is 0 Å². The molecule has 0 unspecified atom stereocenters. The number of hydrogen-bond acceptors (Lipinski definition) is 1. The summed E-state index contributed by atoms with van der Waals surface area (Å²) in [5.74, 6) is 1.58. The summed E-state index contributed by atoms with van der Waals surface area (Å²) in [6, 6.07) is 4.26. The average Bonchev–Trinajstić information content (AvgIpc) is 2.01. The Bertz CT molecular complexity index is 290. The van der Waals surface area contributed by atoms with E-state index in [1.165, 1.54) is 16.7 Å². The maximum Gasteiger partial charge on any atom is 0.119 e. The van der Waals surface area contributed by atoms with Gasteiger partial charge in [0, 0.05) is 0 Å². The fraction of sp³-hybridized carbons (Fsp3) is 0.538. The topological polar surface area (TPSA) is 9.23 Å². The number of rotatable bonds is 3. The predicted molar refractivity (Wildman–Crippen MR) is 61.2 cm³/mol. The van der Waals surface area contributed by atoms with E-state index in [9.17, 15) is 0 Å². The minimum atomic E-state index is 0.589. The Morgan fingerprint density at radius 1 is 1.14 bits per heavy atom. The van der Waals surface area contributed by atoms with Crippen LogP contribution in [0.1, 0.15) is 43.4 Å². The third-order valence-corrected chi connectivity index (χ3v) is 2.46. The molecule has 0 amide bonds. The SMILES string of the molecule is CCOc1cc(C)c(C(C)C)c(C)c1. The predicted octanol–water partition coefficient (Wildman–Crippen LogP) is 3.83. The van der Waals surface area contributed by atoms with Crippen molar-refractivity contribution >= 4 is 0 Å². The van der Waals surface area contributed by atoms with Crippen molar-refractivity contribution in [2.45, 2.75) is 40.5 Å². The van der Waals surface area contributed by atoms with Crippen LogP contribution in [0.2, 0.25) is 0 Å². The largest absolute Gasteiger partial charge is 0.494 e. The van der Waals surface area contributed by atoms with Gasteiger partial charge in [0.1, 0.15) is 5.75 Å². The molecule has 0 N–H and O–H groups in total. The second kappa shape index (κ2) is 4.50. The van der Waals surface area contributed by atoms with Crippen LogP contribution in [0.3, 0.4) is 0 Å². The first kappa shape index (κ1) is 11.1. The van der Waals surface area contributed by atoms with Gasteiger partial charge in [-0.1, -0.05) is 13.8 Å². The summed E-state index contributed by atoms with van der Waals surface area (Å²) >= 11 is 0. The molecular formula is C13H20O. The van der Waals surface area contributed by atoms with Crippen LogP contribution in [-0.4, -0.2) is 6.61 Å². The summed E-state index contributed by atoms with van der Waals surface area (Å²) < 4.78 is 5.50. The fourth-order valence-electron chi connectivity index (χ4n) is 2.10. The smallest absolute Gasteiger partial charge is 0.119 e. The quantitative estimate of drug-likeness (QED) is 0.707. The van der Waals surface area contributed by atoms with Gasteiger partial charge >= 0.3 is 0 Å². The lowest BCUT2D eigenvalue weighted by Crippen LogP contribution is -1.99. The van der Waals surface area contributed by atoms with E-state index in [1.807, 2.05) is 6.92 Å². The number of ether oxygens (including phenoxy) is 1. The van der Waals surface area contributed by atoms with Crippen LogP contribution < -0.4 is 4.74 Å². The number of aryl methyl sites for hydroxylation is 2. The molecule has 1 nitrogen and oxygen atoms in total. The Balaban J connectivity index is 3.11. The highest BCUT2D eigenvalue weighted by molar-refractivity contribution is 5.42. The Labute approximate surface area is 87.1 Å². The van der Waals surface area contributed by atoms with E-state index in [0.717, 1.165) is 12.4 Å². The lowest BCUT2D eigenvalue weighted by molar-refractivity contribution is 0.339. The van der Waals surface area contributed by atoms with Crippen LogP contribution in [-0.2, 0) is 0 Å². The van der Waals surface area contributed by atoms with Gasteiger partial charge in [-0.3, -0.25) is 0 Å². The van der Waals surface area contributed by atoms with Crippen LogP contribution in [0.4, 0.5) is 0 Å². The molecule has 1 heteroatoms. The first-order valence-electron chi connectivity index (χ1n) is 5.30. The van der Waals surface area contributed by atoms with Crippen molar-refractivity contribution in [2.24, 2.45) is 0 Å². The van der Waals surface area contributed by atoms with Crippen LogP contribution >= 0.6 is 0 Å². The Kier molecular flexibility index (Phi) is 3.56. The number of hydrogen-bond donors (Lipinski definition) is 0. The second-order valence-electron chi connectivity index (χ2n) is 4.06. The molecule has 0 saturated carbocycles. The van der Waals surface area contributed by atoms with E-state index in [4.69, 9.17) is 4.74 Å². The molecule has 14 heavy (non-hydrogen) atoms. The van der Waals surface area contributed by atoms with Gasteiger partial charge < -0.3 is 4.74 Å². The van der Waals surface area contributed by atoms with Crippen molar-refractivity contribution in [3.8, 4) is 5.75 Å². The van der Waals surface area contributed by atoms with E-state index in [2.05, 4.69) is 39.8 Å². The Morgan fingerprint density at radius 3 is 2.00 bits per heavy atom. The molecule has 0 aliphatic carbocycles. The molecule has 0 aromatic heterocycles. The van der Waals surface area contributed by atoms with Gasteiger partial charge in [-0.15, -0.1) is 0 Å². The zero-order valence-corrected chi connectivity index (χ0v) is 9.85. The van der Waals surface area contributed by atoms with E-state index in [0.29, 0.717) is 5.92 Å². The summed E-state index contributed by atoms with van der Waals surface area (Å²) in [7, 11) is 0. The molecule has 78 valence electrons. The molecule has 0 spiro atoms. The molecule has 0 aliphatic rings. The molecule has 0 bridgehead atoms. The van der Waals surface area contributed by atoms with Gasteiger partial charge in [-0.25, -0.2) is 0 Å². The summed E-state index contributed by atoms with van der Waals surface area (Å²) in [5, 5.41) is 0. The van der Waals surface area contributed by atoms with E-state index >= 15 is 0 Å². The van der Waals surface area contributed by atoms with Gasteiger partial charge in [0.15, 0.2) is 0 Å². The first-order valence-corrected chi connectivity index (χ1v) is 5.30. The van der Waals surface area contributed by atoms with Crippen LogP contribution in [0.5, 0.6) is 5.75 Å².